The van der Waals surface area contributed by atoms with E-state index in [9.17, 15) is 14.0 Å². The number of nitrogens with zero attached hydrogens (tertiary/aromatic N) is 4. The summed E-state index contributed by atoms with van der Waals surface area (Å²) in [6.07, 6.45) is 0.589. The first-order chi connectivity index (χ1) is 18.1. The van der Waals surface area contributed by atoms with Crippen LogP contribution in [0.5, 0.6) is 0 Å². The third kappa shape index (κ3) is 5.95. The molecule has 2 aliphatic rings. The molecule has 1 fully saturated rings. The van der Waals surface area contributed by atoms with Gasteiger partial charge in [0.15, 0.2) is 0 Å². The average molecular weight is 521 g/mol. The van der Waals surface area contributed by atoms with Crippen molar-refractivity contribution in [3.05, 3.63) is 93.9 Å². The van der Waals surface area contributed by atoms with Crippen molar-refractivity contribution in [2.75, 3.05) is 45.9 Å². The van der Waals surface area contributed by atoms with Gasteiger partial charge in [0.1, 0.15) is 12.4 Å². The van der Waals surface area contributed by atoms with Crippen LogP contribution in [0.3, 0.4) is 0 Å². The van der Waals surface area contributed by atoms with Crippen LogP contribution in [-0.2, 0) is 9.53 Å². The van der Waals surface area contributed by atoms with Crippen molar-refractivity contribution in [1.82, 2.24) is 14.8 Å². The number of carbonyl (C=O) groups excluding carboxylic acids is 2. The quantitative estimate of drug-likeness (QED) is 0.450. The van der Waals surface area contributed by atoms with Crippen molar-refractivity contribution in [3.8, 4) is 0 Å². The number of benzene rings is 2. The molecule has 7 nitrogen and oxygen atoms in total. The minimum absolute atomic E-state index is 0.0407. The summed E-state index contributed by atoms with van der Waals surface area (Å²) in [6.45, 7) is 3.45. The van der Waals surface area contributed by atoms with Crippen molar-refractivity contribution >= 4 is 28.9 Å². The number of halogens is 1. The van der Waals surface area contributed by atoms with Crippen LogP contribution < -0.4 is 0 Å². The zero-order valence-electron chi connectivity index (χ0n) is 20.5. The van der Waals surface area contributed by atoms with Gasteiger partial charge < -0.3 is 9.64 Å². The molecule has 2 aromatic carbocycles. The van der Waals surface area contributed by atoms with Gasteiger partial charge in [0, 0.05) is 32.6 Å². The predicted molar refractivity (Wildman–Crippen MR) is 141 cm³/mol. The first kappa shape index (κ1) is 25.3. The number of morpholine rings is 1. The van der Waals surface area contributed by atoms with Crippen molar-refractivity contribution in [2.24, 2.45) is 5.10 Å². The van der Waals surface area contributed by atoms with Crippen LogP contribution >= 0.6 is 11.3 Å². The van der Waals surface area contributed by atoms with Crippen molar-refractivity contribution < 1.29 is 18.7 Å². The van der Waals surface area contributed by atoms with Crippen LogP contribution in [0.1, 0.15) is 33.3 Å². The molecule has 0 radical (unpaired) electrons. The summed E-state index contributed by atoms with van der Waals surface area (Å²) in [7, 11) is 0. The van der Waals surface area contributed by atoms with E-state index in [1.807, 2.05) is 47.8 Å². The molecule has 1 unspecified atom stereocenters. The average Bonchev–Trinajstić information content (AvgIpc) is 3.63. The molecule has 1 atom stereocenters. The molecule has 0 bridgehead atoms. The summed E-state index contributed by atoms with van der Waals surface area (Å²) in [5.41, 5.74) is 1.78. The Labute approximate surface area is 219 Å². The topological polar surface area (TPSA) is 65.5 Å². The SMILES string of the molecule is O=C(c1ccccc1F)N(CCN1CCOCC1)CC(=O)N1N=C(c2cccs2)CC1c1ccccc1. The van der Waals surface area contributed by atoms with Crippen LogP contribution in [0, 0.1) is 5.82 Å². The highest BCUT2D eigenvalue weighted by Gasteiger charge is 2.35. The Morgan fingerprint density at radius 2 is 1.78 bits per heavy atom. The van der Waals surface area contributed by atoms with Crippen molar-refractivity contribution in [2.45, 2.75) is 12.5 Å². The fourth-order valence-corrected chi connectivity index (χ4v) is 5.37. The Balaban J connectivity index is 1.39. The van der Waals surface area contributed by atoms with Gasteiger partial charge >= 0.3 is 0 Å². The second-order valence-electron chi connectivity index (χ2n) is 9.05. The van der Waals surface area contributed by atoms with E-state index < -0.39 is 11.7 Å². The Morgan fingerprint density at radius 1 is 1.03 bits per heavy atom. The lowest BCUT2D eigenvalue weighted by molar-refractivity contribution is -0.133. The number of thiophene rings is 1. The molecule has 192 valence electrons. The van der Waals surface area contributed by atoms with Gasteiger partial charge in [-0.3, -0.25) is 14.5 Å². The minimum Gasteiger partial charge on any atom is -0.379 e. The summed E-state index contributed by atoms with van der Waals surface area (Å²) in [4.78, 5) is 31.8. The molecule has 9 heteroatoms. The molecule has 37 heavy (non-hydrogen) atoms. The molecule has 3 heterocycles. The lowest BCUT2D eigenvalue weighted by Gasteiger charge is -2.31. The fourth-order valence-electron chi connectivity index (χ4n) is 4.65. The molecule has 2 aliphatic heterocycles. The van der Waals surface area contributed by atoms with E-state index in [-0.39, 0.29) is 24.1 Å². The van der Waals surface area contributed by atoms with Crippen molar-refractivity contribution in [3.63, 3.8) is 0 Å². The highest BCUT2D eigenvalue weighted by atomic mass is 32.1. The number of hydrogen-bond acceptors (Lipinski definition) is 6. The van der Waals surface area contributed by atoms with Gasteiger partial charge in [0.25, 0.3) is 11.8 Å². The van der Waals surface area contributed by atoms with E-state index in [4.69, 9.17) is 9.84 Å². The molecular formula is C28H29FN4O3S. The van der Waals surface area contributed by atoms with E-state index in [1.54, 1.807) is 23.5 Å². The number of amides is 2. The van der Waals surface area contributed by atoms with Gasteiger partial charge in [-0.05, 0) is 29.1 Å². The van der Waals surface area contributed by atoms with Crippen LogP contribution in [0.2, 0.25) is 0 Å². The van der Waals surface area contributed by atoms with Crippen LogP contribution in [0.25, 0.3) is 0 Å². The van der Waals surface area contributed by atoms with Gasteiger partial charge in [0.2, 0.25) is 0 Å². The van der Waals surface area contributed by atoms with Gasteiger partial charge in [0.05, 0.1) is 35.4 Å². The summed E-state index contributed by atoms with van der Waals surface area (Å²) in [5, 5.41) is 8.20. The van der Waals surface area contributed by atoms with E-state index in [1.165, 1.54) is 22.0 Å². The highest BCUT2D eigenvalue weighted by Crippen LogP contribution is 2.33. The van der Waals surface area contributed by atoms with E-state index in [0.717, 1.165) is 29.2 Å². The maximum Gasteiger partial charge on any atom is 0.262 e. The second-order valence-corrected chi connectivity index (χ2v) is 10.0. The maximum atomic E-state index is 14.5. The highest BCUT2D eigenvalue weighted by molar-refractivity contribution is 7.12. The normalized spacial score (nSPS) is 18.0. The van der Waals surface area contributed by atoms with Crippen LogP contribution in [0.4, 0.5) is 4.39 Å². The monoisotopic (exact) mass is 520 g/mol. The Hall–Kier alpha value is -3.40. The molecule has 0 aliphatic carbocycles. The summed E-state index contributed by atoms with van der Waals surface area (Å²) >= 11 is 1.58. The molecule has 0 N–H and O–H groups in total. The largest absolute Gasteiger partial charge is 0.379 e. The first-order valence-corrected chi connectivity index (χ1v) is 13.3. The standard InChI is InChI=1S/C28H29FN4O3S/c29-23-10-5-4-9-22(23)28(35)32(13-12-31-14-16-36-17-15-31)20-27(34)33-25(21-7-2-1-3-8-21)19-24(30-33)26-11-6-18-37-26/h1-11,18,25H,12-17,19-20H2. The van der Waals surface area contributed by atoms with Crippen LogP contribution in [-0.4, -0.2) is 78.3 Å². The van der Waals surface area contributed by atoms with Gasteiger partial charge in [-0.25, -0.2) is 9.40 Å². The summed E-state index contributed by atoms with van der Waals surface area (Å²) in [6, 6.07) is 19.4. The number of hydrogen-bond donors (Lipinski definition) is 0. The lowest BCUT2D eigenvalue weighted by atomic mass is 10.0. The lowest BCUT2D eigenvalue weighted by Crippen LogP contribution is -2.46. The zero-order valence-corrected chi connectivity index (χ0v) is 21.3. The van der Waals surface area contributed by atoms with E-state index in [2.05, 4.69) is 4.90 Å². The van der Waals surface area contributed by atoms with Crippen LogP contribution in [0.15, 0.2) is 77.2 Å². The Bertz CT molecular complexity index is 1250. The zero-order chi connectivity index (χ0) is 25.6. The molecule has 3 aromatic rings. The number of carbonyl (C=O) groups is 2. The molecule has 0 saturated carbocycles. The third-order valence-electron chi connectivity index (χ3n) is 6.66. The smallest absolute Gasteiger partial charge is 0.262 e. The van der Waals surface area contributed by atoms with Gasteiger partial charge in [-0.15, -0.1) is 11.3 Å². The fraction of sp³-hybridized carbons (Fsp3) is 0.321. The van der Waals surface area contributed by atoms with Crippen molar-refractivity contribution in [1.29, 1.82) is 0 Å². The molecular weight excluding hydrogens is 491 g/mol. The molecule has 1 saturated heterocycles. The van der Waals surface area contributed by atoms with E-state index >= 15 is 0 Å². The van der Waals surface area contributed by atoms with Gasteiger partial charge in [-0.1, -0.05) is 48.5 Å². The van der Waals surface area contributed by atoms with Gasteiger partial charge in [-0.2, -0.15) is 5.10 Å². The first-order valence-electron chi connectivity index (χ1n) is 12.4. The number of rotatable bonds is 8. The van der Waals surface area contributed by atoms with E-state index in [0.29, 0.717) is 32.7 Å². The summed E-state index contributed by atoms with van der Waals surface area (Å²) < 4.78 is 20.0. The molecule has 5 rings (SSSR count). The minimum atomic E-state index is -0.599. The molecule has 2 amide bonds. The Morgan fingerprint density at radius 3 is 2.51 bits per heavy atom. The molecule has 1 aromatic heterocycles. The maximum absolute atomic E-state index is 14.5. The third-order valence-corrected chi connectivity index (χ3v) is 7.58. The summed E-state index contributed by atoms with van der Waals surface area (Å²) in [5.74, 6) is -1.40. The Kier molecular flexibility index (Phi) is 8.03. The molecule has 0 spiro atoms. The number of hydrazone groups is 1. The second kappa shape index (κ2) is 11.8. The number of ether oxygens (including phenoxy) is 1. The predicted octanol–water partition coefficient (Wildman–Crippen LogP) is 4.04.